The molecule has 656 valence electrons. The zero-order valence-electron chi connectivity index (χ0n) is 73.9. The van der Waals surface area contributed by atoms with Gasteiger partial charge in [-0.05, 0) is 166 Å². The van der Waals surface area contributed by atoms with Crippen LogP contribution < -0.4 is 31.7 Å². The van der Waals surface area contributed by atoms with Gasteiger partial charge >= 0.3 is 24.1 Å². The van der Waals surface area contributed by atoms with Crippen molar-refractivity contribution >= 4 is 67.7 Å². The highest BCUT2D eigenvalue weighted by atomic mass is 16.5. The van der Waals surface area contributed by atoms with Crippen molar-refractivity contribution in [1.82, 2.24) is 96.6 Å². The lowest BCUT2D eigenvalue weighted by atomic mass is 10.1. The van der Waals surface area contributed by atoms with Gasteiger partial charge in [0.1, 0.15) is 34.3 Å². The van der Waals surface area contributed by atoms with Gasteiger partial charge in [-0.15, -0.1) is 0 Å². The number of rotatable bonds is 9. The summed E-state index contributed by atoms with van der Waals surface area (Å²) < 4.78 is 22.9. The predicted octanol–water partition coefficient (Wildman–Crippen LogP) is 13.0. The average Bonchev–Trinajstić information content (AvgIpc) is 1.57. The van der Waals surface area contributed by atoms with Crippen LogP contribution in [0, 0.1) is 13.8 Å². The molecule has 0 aromatic heterocycles. The van der Waals surface area contributed by atoms with Crippen molar-refractivity contribution in [3.8, 4) is 79.3 Å². The lowest BCUT2D eigenvalue weighted by molar-refractivity contribution is 0.120. The number of amides is 4. The molecule has 4 amide bonds. The van der Waals surface area contributed by atoms with Crippen LogP contribution in [-0.2, 0) is 0 Å². The fourth-order valence-electron chi connectivity index (χ4n) is 17.4. The minimum absolute atomic E-state index is 0.101. The molecule has 8 aromatic carbocycles. The van der Waals surface area contributed by atoms with Crippen LogP contribution in [0.4, 0.5) is 19.2 Å². The molecule has 8 aromatic rings. The summed E-state index contributed by atoms with van der Waals surface area (Å²) in [5.74, 6) is 1.28. The van der Waals surface area contributed by atoms with Crippen molar-refractivity contribution in [1.29, 1.82) is 0 Å². The Morgan fingerprint density at radius 2 is 0.555 bits per heavy atom. The van der Waals surface area contributed by atoms with E-state index in [0.717, 1.165) is 90.7 Å². The highest BCUT2D eigenvalue weighted by molar-refractivity contribution is 6.03. The summed E-state index contributed by atoms with van der Waals surface area (Å²) in [5.41, 5.74) is 10.8. The molecule has 128 heavy (non-hydrogen) atoms. The van der Waals surface area contributed by atoms with E-state index < -0.39 is 0 Å². The van der Waals surface area contributed by atoms with Crippen LogP contribution in [0.25, 0.3) is 111 Å². The Balaban J connectivity index is 0.000000120. The van der Waals surface area contributed by atoms with E-state index in [1.807, 2.05) is 228 Å². The molecule has 20 rings (SSSR count). The number of carbonyl (C=O) groups excluding carboxylic acids is 4. The summed E-state index contributed by atoms with van der Waals surface area (Å²) in [6.45, 7) is 29.0. The zero-order valence-corrected chi connectivity index (χ0v) is 73.9. The van der Waals surface area contributed by atoms with Crippen LogP contribution in [0.5, 0.6) is 11.5 Å². The van der Waals surface area contributed by atoms with Crippen LogP contribution in [0.3, 0.4) is 0 Å². The molecular formula is C98H104N20O10. The smallest absolute Gasteiger partial charge is 0.328 e. The first-order chi connectivity index (χ1) is 61.9. The number of para-hydroxylation sites is 4. The molecule has 0 N–H and O–H groups in total. The van der Waals surface area contributed by atoms with Gasteiger partial charge in [0.15, 0.2) is 0 Å². The van der Waals surface area contributed by atoms with Crippen molar-refractivity contribution in [2.45, 2.75) is 73.5 Å². The van der Waals surface area contributed by atoms with Crippen molar-refractivity contribution in [2.75, 3.05) is 126 Å². The number of ether oxygens (including phenoxy) is 2. The molecule has 30 nitrogen and oxygen atoms in total. The summed E-state index contributed by atoms with van der Waals surface area (Å²) in [4.78, 5) is 124. The maximum absolute atomic E-state index is 13.6. The summed E-state index contributed by atoms with van der Waals surface area (Å²) in [7, 11) is 5.24. The van der Waals surface area contributed by atoms with Gasteiger partial charge in [0.25, 0.3) is 22.2 Å². The number of nitrogens with zero attached hydrogens (tertiary/aromatic N) is 20. The van der Waals surface area contributed by atoms with Gasteiger partial charge in [-0.25, -0.2) is 19.2 Å². The van der Waals surface area contributed by atoms with E-state index in [9.17, 15) is 38.4 Å². The van der Waals surface area contributed by atoms with Crippen LogP contribution in [0.15, 0.2) is 238 Å². The number of aromatic nitrogens is 12. The molecular weight excluding hydrogens is 1620 g/mol. The van der Waals surface area contributed by atoms with Crippen LogP contribution in [-0.4, -0.2) is 265 Å². The third-order valence-electron chi connectivity index (χ3n) is 24.9. The topological polar surface area (TPSA) is 272 Å². The molecule has 12 aliphatic heterocycles. The number of benzene rings is 8. The minimum Gasteiger partial charge on any atom is -0.497 e. The number of aryl methyl sites for hydroxylation is 2. The highest BCUT2D eigenvalue weighted by Gasteiger charge is 2.34. The first kappa shape index (κ1) is 85.9. The quantitative estimate of drug-likeness (QED) is 0.130. The van der Waals surface area contributed by atoms with Gasteiger partial charge in [0, 0.05) is 175 Å². The van der Waals surface area contributed by atoms with Gasteiger partial charge in [-0.2, -0.15) is 39.1 Å². The third-order valence-corrected chi connectivity index (χ3v) is 24.9. The Bertz CT molecular complexity index is 6890. The lowest BCUT2D eigenvalue weighted by Crippen LogP contribution is -2.51. The molecule has 4 saturated heterocycles. The maximum Gasteiger partial charge on any atom is 0.328 e. The van der Waals surface area contributed by atoms with Crippen LogP contribution >= 0.6 is 0 Å². The highest BCUT2D eigenvalue weighted by Crippen LogP contribution is 2.36. The standard InChI is InChI=1S/2C25H27N5O3.C25H27N5O2.C23H23N5O2/c1-17(2)27-11-13-28(14-12-27)25(32)29-16-21-23(20-15-19(33-3)9-10-22(20)29)26-30(24(21)31)18-7-5-4-6-8-18;1-17(2)27-11-13-28(14-12-27)25(32)29-16-21-23(20-10-9-19(33-3)15-22(20)29)26-30(24(21)31)18-7-5-4-6-8-18;1-17(2)27-11-13-28(14-12-27)25(32)29-16-21-23(20-15-18(3)9-10-22(20)29)26-30(24(21)31)19-7-5-4-6-8-19;1-16-8-9-20-18(14-16)21-19(22(29)28(24-21)17-6-4-3-5-7-17)15-27(20)23(30)26-12-10-25(2)11-13-26/h2*4-10,15-17H,11-14H2,1-3H3;4-10,15-17H,11-14H2,1-3H3;3-9,14-15H,10-13H2,1-2H3. The fraction of sp³-hybridized carbons (Fsp3) is 0.306. The second-order valence-corrected chi connectivity index (χ2v) is 33.8. The van der Waals surface area contributed by atoms with Crippen molar-refractivity contribution in [3.05, 3.63) is 271 Å². The SMILES string of the molecule is COc1ccc2c(c1)c1nn(-c3ccccc3)c(=O)c-1cn2C(=O)N1CCN(C(C)C)CC1.COc1ccc2c3nn(-c4ccccc4)c(=O)c-3cn(C(=O)N3CCN(C(C)C)CC3)c2c1.Cc1ccc2c(c1)c1nn(-c3ccccc3)c(=O)c-1cn2C(=O)N1CCN(C(C)C)CC1.Cc1ccc2c(c1)c1nn(-c3ccccc3)c(=O)c-1cn2C(=O)N1CCN(C)CC1. The number of hydrogen-bond donors (Lipinski definition) is 0. The number of pyridine rings is 4. The number of hydrogen-bond acceptors (Lipinski definition) is 18. The Morgan fingerprint density at radius 3 is 0.852 bits per heavy atom. The summed E-state index contributed by atoms with van der Waals surface area (Å²) >= 11 is 0. The Kier molecular flexibility index (Phi) is 24.4. The molecule has 0 unspecified atom stereocenters. The second-order valence-electron chi connectivity index (χ2n) is 33.8. The van der Waals surface area contributed by atoms with Gasteiger partial charge in [0.2, 0.25) is 0 Å². The first-order valence-electron chi connectivity index (χ1n) is 43.6. The summed E-state index contributed by atoms with van der Waals surface area (Å²) in [5, 5.41) is 21.6. The van der Waals surface area contributed by atoms with E-state index in [1.165, 1.54) is 18.7 Å². The minimum atomic E-state index is -0.257. The number of piperazine rings is 4. The van der Waals surface area contributed by atoms with Gasteiger partial charge < -0.3 is 34.0 Å². The molecule has 0 aliphatic carbocycles. The van der Waals surface area contributed by atoms with Crippen LogP contribution in [0.1, 0.15) is 52.7 Å². The number of methoxy groups -OCH3 is 2. The van der Waals surface area contributed by atoms with E-state index >= 15 is 0 Å². The molecule has 12 heterocycles. The molecule has 4 fully saturated rings. The van der Waals surface area contributed by atoms with Gasteiger partial charge in [0.05, 0.1) is 81.3 Å². The molecule has 0 saturated carbocycles. The third kappa shape index (κ3) is 16.8. The van der Waals surface area contributed by atoms with Crippen LogP contribution in [0.2, 0.25) is 0 Å². The second kappa shape index (κ2) is 36.4. The Labute approximate surface area is 739 Å². The number of likely N-dealkylation sites (N-methyl/N-ethyl adjacent to an activating group) is 1. The molecule has 30 heteroatoms. The predicted molar refractivity (Wildman–Crippen MR) is 497 cm³/mol. The zero-order chi connectivity index (χ0) is 89.5. The van der Waals surface area contributed by atoms with Crippen molar-refractivity contribution in [2.24, 2.45) is 0 Å². The summed E-state index contributed by atoms with van der Waals surface area (Å²) in [6, 6.07) is 61.0. The normalized spacial score (nSPS) is 15.1. The lowest BCUT2D eigenvalue weighted by Gasteiger charge is -2.37. The van der Waals surface area contributed by atoms with Gasteiger partial charge in [-0.1, -0.05) is 96.1 Å². The maximum atomic E-state index is 13.6. The van der Waals surface area contributed by atoms with Crippen molar-refractivity contribution < 1.29 is 28.7 Å². The van der Waals surface area contributed by atoms with E-state index in [4.69, 9.17) is 9.47 Å². The van der Waals surface area contributed by atoms with Gasteiger partial charge in [-0.3, -0.25) is 52.1 Å². The van der Waals surface area contributed by atoms with Crippen molar-refractivity contribution in [3.63, 3.8) is 0 Å². The number of fused-ring (bicyclic) bond motifs is 12. The Morgan fingerprint density at radius 1 is 0.297 bits per heavy atom. The molecule has 0 atom stereocenters. The largest absolute Gasteiger partial charge is 0.497 e. The fourth-order valence-corrected chi connectivity index (χ4v) is 17.4. The number of carbonyl (C=O) groups is 4. The van der Waals surface area contributed by atoms with E-state index in [1.54, 1.807) is 57.3 Å². The van der Waals surface area contributed by atoms with E-state index in [-0.39, 0.29) is 46.4 Å². The molecule has 0 bridgehead atoms. The summed E-state index contributed by atoms with van der Waals surface area (Å²) in [6.07, 6.45) is 6.58. The average molecular weight is 1720 g/mol. The Hall–Kier alpha value is -14.2. The molecule has 0 spiro atoms. The molecule has 0 radical (unpaired) electrons. The van der Waals surface area contributed by atoms with E-state index in [2.05, 4.69) is 88.6 Å². The van der Waals surface area contributed by atoms with E-state index in [0.29, 0.717) is 166 Å². The molecule has 12 aliphatic rings. The first-order valence-corrected chi connectivity index (χ1v) is 43.6. The monoisotopic (exact) mass is 1720 g/mol.